The molecule has 0 aromatic carbocycles. The summed E-state index contributed by atoms with van der Waals surface area (Å²) in [6.07, 6.45) is 2.39. The molecule has 1 saturated heterocycles. The summed E-state index contributed by atoms with van der Waals surface area (Å²) in [7, 11) is 0. The maximum Gasteiger partial charge on any atom is 0.220 e. The third kappa shape index (κ3) is 3.89. The van der Waals surface area contributed by atoms with Gasteiger partial charge in [0.1, 0.15) is 0 Å². The first-order valence-corrected chi connectivity index (χ1v) is 7.24. The Morgan fingerprint density at radius 1 is 1.10 bits per heavy atom. The van der Waals surface area contributed by atoms with Gasteiger partial charge < -0.3 is 26.6 Å². The Kier molecular flexibility index (Phi) is 5.49. The molecule has 0 aromatic rings. The van der Waals surface area contributed by atoms with Crippen LogP contribution >= 0.6 is 0 Å². The van der Waals surface area contributed by atoms with E-state index < -0.39 is 12.1 Å². The molecule has 1 amide bonds. The van der Waals surface area contributed by atoms with E-state index in [0.29, 0.717) is 38.8 Å². The molecule has 2 aliphatic rings. The zero-order chi connectivity index (χ0) is 15.6. The maximum atomic E-state index is 11.4. The average Bonchev–Trinajstić information content (AvgIpc) is 2.46. The van der Waals surface area contributed by atoms with E-state index in [0.717, 1.165) is 0 Å². The van der Waals surface area contributed by atoms with Crippen molar-refractivity contribution < 1.29 is 15.2 Å². The second-order valence-corrected chi connectivity index (χ2v) is 5.92. The lowest BCUT2D eigenvalue weighted by molar-refractivity contribution is -0.152. The van der Waals surface area contributed by atoms with E-state index >= 15 is 0 Å². The first-order chi connectivity index (χ1) is 9.90. The number of carbonyl (C=O) groups is 1. The third-order valence-electron chi connectivity index (χ3n) is 4.75. The zero-order valence-corrected chi connectivity index (χ0v) is 11.8. The zero-order valence-electron chi connectivity index (χ0n) is 11.8. The van der Waals surface area contributed by atoms with Crippen LogP contribution in [0.1, 0.15) is 32.1 Å². The van der Waals surface area contributed by atoms with Gasteiger partial charge in [0.05, 0.1) is 0 Å². The Labute approximate surface area is 123 Å². The van der Waals surface area contributed by atoms with E-state index in [1.54, 1.807) is 0 Å². The number of piperidine rings is 1. The lowest BCUT2D eigenvalue weighted by atomic mass is 9.84. The van der Waals surface area contributed by atoms with Gasteiger partial charge in [0.2, 0.25) is 5.91 Å². The lowest BCUT2D eigenvalue weighted by Crippen LogP contribution is -2.57. The van der Waals surface area contributed by atoms with E-state index in [9.17, 15) is 20.4 Å². The smallest absolute Gasteiger partial charge is 0.220 e. The summed E-state index contributed by atoms with van der Waals surface area (Å²) in [5.41, 5.74) is 5.29. The molecule has 1 heterocycles. The Morgan fingerprint density at radius 2 is 1.71 bits per heavy atom. The summed E-state index contributed by atoms with van der Waals surface area (Å²) in [6.45, 7) is 1.26. The number of carbonyl (C=O) groups excluding carboxylic acids is 1. The molecule has 0 bridgehead atoms. The van der Waals surface area contributed by atoms with Crippen LogP contribution in [-0.4, -0.2) is 62.9 Å². The van der Waals surface area contributed by atoms with Crippen molar-refractivity contribution >= 4 is 5.91 Å². The molecule has 9 heteroatoms. The summed E-state index contributed by atoms with van der Waals surface area (Å²) in [5, 5.41) is 40.4. The van der Waals surface area contributed by atoms with Gasteiger partial charge in [-0.25, -0.2) is 0 Å². The molecule has 2 fully saturated rings. The minimum atomic E-state index is -0.752. The first kappa shape index (κ1) is 16.6. The summed E-state index contributed by atoms with van der Waals surface area (Å²) in [5.74, 6) is -0.437. The second-order valence-electron chi connectivity index (χ2n) is 5.92. The molecular formula is C12H22N4O5-2. The molecule has 2 rings (SSSR count). The highest BCUT2D eigenvalue weighted by Crippen LogP contribution is 2.31. The number of hydrogen-bond donors (Lipinski definition) is 3. The molecule has 1 aliphatic carbocycles. The Morgan fingerprint density at radius 3 is 2.19 bits per heavy atom. The molecule has 0 radical (unpaired) electrons. The molecule has 0 spiro atoms. The highest BCUT2D eigenvalue weighted by Gasteiger charge is 2.37. The lowest BCUT2D eigenvalue weighted by Gasteiger charge is -2.50. The normalized spacial score (nSPS) is 32.8. The summed E-state index contributed by atoms with van der Waals surface area (Å²) < 4.78 is 0. The predicted molar refractivity (Wildman–Crippen MR) is 72.7 cm³/mol. The van der Waals surface area contributed by atoms with E-state index in [1.165, 1.54) is 0 Å². The van der Waals surface area contributed by atoms with Crippen LogP contribution in [0.15, 0.2) is 0 Å². The van der Waals surface area contributed by atoms with Gasteiger partial charge in [0.15, 0.2) is 0 Å². The number of primary amides is 1. The standard InChI is InChI=1S/C12H22N4O5/c13-12(17)8-3-5-14(6-4-8)10-2-1-9(15(18)19)7-11(10)16(20)21/h8-11,18,20H,1-7H2,(H2,13,17)/q-2. The Bertz CT molecular complexity index is 360. The first-order valence-electron chi connectivity index (χ1n) is 7.24. The number of nitrogens with two attached hydrogens (primary N) is 1. The number of likely N-dealkylation sites (tertiary alicyclic amines) is 1. The van der Waals surface area contributed by atoms with Crippen LogP contribution in [0, 0.1) is 16.3 Å². The number of nitrogens with zero attached hydrogens (tertiary/aromatic N) is 3. The quantitative estimate of drug-likeness (QED) is 0.609. The van der Waals surface area contributed by atoms with Crippen LogP contribution in [0.5, 0.6) is 0 Å². The van der Waals surface area contributed by atoms with Crippen LogP contribution in [0.25, 0.3) is 0 Å². The minimum absolute atomic E-state index is 0.111. The van der Waals surface area contributed by atoms with Crippen molar-refractivity contribution in [3.8, 4) is 0 Å². The molecule has 21 heavy (non-hydrogen) atoms. The molecule has 4 N–H and O–H groups in total. The molecule has 3 atom stereocenters. The van der Waals surface area contributed by atoms with Gasteiger partial charge in [-0.3, -0.25) is 20.1 Å². The van der Waals surface area contributed by atoms with E-state index in [4.69, 9.17) is 10.9 Å². The van der Waals surface area contributed by atoms with Gasteiger partial charge in [0, 0.05) is 24.0 Å². The van der Waals surface area contributed by atoms with Crippen molar-refractivity contribution in [2.24, 2.45) is 11.7 Å². The maximum absolute atomic E-state index is 11.4. The molecule has 9 nitrogen and oxygen atoms in total. The second kappa shape index (κ2) is 6.97. The van der Waals surface area contributed by atoms with Gasteiger partial charge in [-0.05, 0) is 45.2 Å². The predicted octanol–water partition coefficient (Wildman–Crippen LogP) is -0.149. The van der Waals surface area contributed by atoms with Crippen LogP contribution < -0.4 is 5.73 Å². The molecule has 0 aromatic heterocycles. The van der Waals surface area contributed by atoms with Gasteiger partial charge in [0.25, 0.3) is 0 Å². The topological polar surface area (TPSA) is 139 Å². The van der Waals surface area contributed by atoms with Crippen LogP contribution in [-0.2, 0) is 4.79 Å². The van der Waals surface area contributed by atoms with Crippen molar-refractivity contribution in [1.29, 1.82) is 0 Å². The van der Waals surface area contributed by atoms with E-state index in [2.05, 4.69) is 4.90 Å². The summed E-state index contributed by atoms with van der Waals surface area (Å²) in [6, 6.07) is -1.60. The number of amides is 1. The van der Waals surface area contributed by atoms with Crippen molar-refractivity contribution in [2.45, 2.75) is 50.2 Å². The molecule has 122 valence electrons. The highest BCUT2D eigenvalue weighted by atomic mass is 16.8. The molecule has 1 saturated carbocycles. The SMILES string of the molecule is NC(=O)C1CCN(C2CCC(N([O-])O)CC2N([O-])O)CC1. The highest BCUT2D eigenvalue weighted by molar-refractivity contribution is 5.76. The fourth-order valence-electron chi connectivity index (χ4n) is 3.49. The molecule has 1 aliphatic heterocycles. The van der Waals surface area contributed by atoms with Crippen molar-refractivity contribution in [2.75, 3.05) is 13.1 Å². The van der Waals surface area contributed by atoms with Crippen LogP contribution in [0.4, 0.5) is 0 Å². The summed E-state index contributed by atoms with van der Waals surface area (Å²) in [4.78, 5) is 13.2. The van der Waals surface area contributed by atoms with Crippen molar-refractivity contribution in [1.82, 2.24) is 15.4 Å². The number of rotatable bonds is 4. The Hall–Kier alpha value is -0.810. The monoisotopic (exact) mass is 302 g/mol. The summed E-state index contributed by atoms with van der Waals surface area (Å²) >= 11 is 0. The molecule has 3 unspecified atom stereocenters. The largest absolute Gasteiger partial charge is 0.762 e. The van der Waals surface area contributed by atoms with Gasteiger partial charge in [-0.15, -0.1) is 0 Å². The fourth-order valence-corrected chi connectivity index (χ4v) is 3.49. The van der Waals surface area contributed by atoms with Gasteiger partial charge in [-0.1, -0.05) is 0 Å². The number of hydrogen-bond acceptors (Lipinski definition) is 8. The van der Waals surface area contributed by atoms with Gasteiger partial charge >= 0.3 is 0 Å². The average molecular weight is 302 g/mol. The number of hydroxylamine groups is 4. The third-order valence-corrected chi connectivity index (χ3v) is 4.75. The van der Waals surface area contributed by atoms with E-state index in [1.807, 2.05) is 0 Å². The van der Waals surface area contributed by atoms with Crippen LogP contribution in [0.2, 0.25) is 0 Å². The minimum Gasteiger partial charge on any atom is -0.762 e. The van der Waals surface area contributed by atoms with E-state index in [-0.39, 0.29) is 34.7 Å². The fraction of sp³-hybridized carbons (Fsp3) is 0.917. The van der Waals surface area contributed by atoms with Crippen molar-refractivity contribution in [3.63, 3.8) is 0 Å². The van der Waals surface area contributed by atoms with Crippen LogP contribution in [0.3, 0.4) is 0 Å². The van der Waals surface area contributed by atoms with Gasteiger partial charge in [-0.2, -0.15) is 0 Å². The van der Waals surface area contributed by atoms with Crippen molar-refractivity contribution in [3.05, 3.63) is 10.4 Å². The molecular weight excluding hydrogens is 280 g/mol. The Balaban J connectivity index is 1.97.